The summed E-state index contributed by atoms with van der Waals surface area (Å²) in [5.74, 6) is 1.08. The normalized spacial score (nSPS) is 13.5. The molecule has 0 heterocycles. The van der Waals surface area contributed by atoms with Crippen LogP contribution in [-0.2, 0) is 14.6 Å². The Balaban J connectivity index is 0. The van der Waals surface area contributed by atoms with Gasteiger partial charge in [-0.3, -0.25) is 4.99 Å². The maximum atomic E-state index is 12.1. The molecule has 0 saturated heterocycles. The number of carbonyl (C=O) groups is 1. The van der Waals surface area contributed by atoms with Gasteiger partial charge >= 0.3 is 6.09 Å². The first kappa shape index (κ1) is 30.4. The Bertz CT molecular complexity index is 604. The number of hydrogen-bond acceptors (Lipinski definition) is 5. The molecule has 0 aromatic heterocycles. The SMILES string of the molecule is CCNC(=NCCS(=O)(=O)CC)N(C)CCC(NC(=O)OC(C)(C)C)C(C)C.I. The van der Waals surface area contributed by atoms with Gasteiger partial charge in [-0.2, -0.15) is 0 Å². The third kappa shape index (κ3) is 14.8. The van der Waals surface area contributed by atoms with Crippen LogP contribution in [0.3, 0.4) is 0 Å². The van der Waals surface area contributed by atoms with Gasteiger partial charge in [-0.1, -0.05) is 20.8 Å². The summed E-state index contributed by atoms with van der Waals surface area (Å²) in [4.78, 5) is 18.5. The number of nitrogens with one attached hydrogen (secondary N) is 2. The summed E-state index contributed by atoms with van der Waals surface area (Å²) in [7, 11) is -1.13. The highest BCUT2D eigenvalue weighted by molar-refractivity contribution is 14.0. The molecule has 0 aliphatic heterocycles. The van der Waals surface area contributed by atoms with Crippen molar-refractivity contribution >= 4 is 45.9 Å². The van der Waals surface area contributed by atoms with Crippen LogP contribution >= 0.6 is 24.0 Å². The third-order valence-corrected chi connectivity index (χ3v) is 5.77. The van der Waals surface area contributed by atoms with E-state index in [1.165, 1.54) is 0 Å². The number of carbonyl (C=O) groups excluding carboxylic acids is 1. The van der Waals surface area contributed by atoms with Crippen molar-refractivity contribution in [2.75, 3.05) is 38.2 Å². The molecule has 29 heavy (non-hydrogen) atoms. The Morgan fingerprint density at radius 3 is 2.24 bits per heavy atom. The van der Waals surface area contributed by atoms with Crippen molar-refractivity contribution in [1.29, 1.82) is 0 Å². The van der Waals surface area contributed by atoms with Crippen LogP contribution in [0.15, 0.2) is 4.99 Å². The fourth-order valence-electron chi connectivity index (χ4n) is 2.37. The third-order valence-electron chi connectivity index (χ3n) is 4.08. The van der Waals surface area contributed by atoms with E-state index in [0.29, 0.717) is 25.5 Å². The molecule has 0 bridgehead atoms. The lowest BCUT2D eigenvalue weighted by Crippen LogP contribution is -2.45. The van der Waals surface area contributed by atoms with E-state index in [-0.39, 0.29) is 54.0 Å². The Labute approximate surface area is 194 Å². The smallest absolute Gasteiger partial charge is 0.407 e. The standard InChI is InChI=1S/C19H40N4O4S.HI/c1-9-20-17(21-12-14-28(25,26)10-2)23(8)13-11-16(15(3)4)22-18(24)27-19(5,6)7;/h15-16H,9-14H2,1-8H3,(H,20,21)(H,22,24);1H. The zero-order valence-corrected chi connectivity index (χ0v) is 22.4. The molecule has 0 aliphatic carbocycles. The second kappa shape index (κ2) is 14.3. The van der Waals surface area contributed by atoms with E-state index in [9.17, 15) is 13.2 Å². The summed E-state index contributed by atoms with van der Waals surface area (Å²) in [5.41, 5.74) is -0.536. The molecule has 0 aromatic carbocycles. The summed E-state index contributed by atoms with van der Waals surface area (Å²) in [6.45, 7) is 14.8. The Hall–Kier alpha value is -0.780. The van der Waals surface area contributed by atoms with Crippen molar-refractivity contribution in [2.24, 2.45) is 10.9 Å². The van der Waals surface area contributed by atoms with E-state index in [1.807, 2.05) is 39.6 Å². The van der Waals surface area contributed by atoms with E-state index in [1.54, 1.807) is 6.92 Å². The molecular formula is C19H41IN4O4S. The average Bonchev–Trinajstić information content (AvgIpc) is 2.55. The minimum atomic E-state index is -3.04. The van der Waals surface area contributed by atoms with Gasteiger partial charge in [0.1, 0.15) is 5.60 Å². The Morgan fingerprint density at radius 2 is 1.79 bits per heavy atom. The number of sulfone groups is 1. The summed E-state index contributed by atoms with van der Waals surface area (Å²) < 4.78 is 28.6. The Kier molecular flexibility index (Phi) is 15.0. The molecule has 1 unspecified atom stereocenters. The lowest BCUT2D eigenvalue weighted by Gasteiger charge is -2.28. The fraction of sp³-hybridized carbons (Fsp3) is 0.895. The maximum Gasteiger partial charge on any atom is 0.407 e. The van der Waals surface area contributed by atoms with Crippen LogP contribution in [-0.4, -0.2) is 75.2 Å². The number of nitrogens with zero attached hydrogens (tertiary/aromatic N) is 2. The summed E-state index contributed by atoms with van der Waals surface area (Å²) >= 11 is 0. The molecule has 10 heteroatoms. The molecule has 8 nitrogen and oxygen atoms in total. The van der Waals surface area contributed by atoms with Gasteiger partial charge in [0.05, 0.1) is 12.3 Å². The van der Waals surface area contributed by atoms with Crippen molar-refractivity contribution < 1.29 is 17.9 Å². The van der Waals surface area contributed by atoms with Crippen LogP contribution in [0, 0.1) is 5.92 Å². The minimum Gasteiger partial charge on any atom is -0.444 e. The molecule has 174 valence electrons. The van der Waals surface area contributed by atoms with Crippen molar-refractivity contribution in [3.63, 3.8) is 0 Å². The van der Waals surface area contributed by atoms with Gasteiger partial charge in [-0.25, -0.2) is 13.2 Å². The quantitative estimate of drug-likeness (QED) is 0.248. The first-order chi connectivity index (χ1) is 12.8. The highest BCUT2D eigenvalue weighted by Gasteiger charge is 2.22. The molecule has 0 radical (unpaired) electrons. The van der Waals surface area contributed by atoms with Crippen LogP contribution in [0.2, 0.25) is 0 Å². The number of guanidine groups is 1. The second-order valence-corrected chi connectivity index (χ2v) is 10.7. The Morgan fingerprint density at radius 1 is 1.21 bits per heavy atom. The predicted octanol–water partition coefficient (Wildman–Crippen LogP) is 2.88. The number of amides is 1. The van der Waals surface area contributed by atoms with E-state index in [4.69, 9.17) is 4.74 Å². The number of alkyl carbamates (subject to hydrolysis) is 1. The van der Waals surface area contributed by atoms with Crippen LogP contribution in [0.4, 0.5) is 4.79 Å². The molecular weight excluding hydrogens is 507 g/mol. The zero-order chi connectivity index (χ0) is 22.0. The highest BCUT2D eigenvalue weighted by Crippen LogP contribution is 2.11. The topological polar surface area (TPSA) is 100 Å². The van der Waals surface area contributed by atoms with E-state index < -0.39 is 21.5 Å². The first-order valence-electron chi connectivity index (χ1n) is 10.0. The predicted molar refractivity (Wildman–Crippen MR) is 131 cm³/mol. The minimum absolute atomic E-state index is 0. The van der Waals surface area contributed by atoms with Crippen LogP contribution in [0.5, 0.6) is 0 Å². The van der Waals surface area contributed by atoms with Crippen LogP contribution < -0.4 is 10.6 Å². The van der Waals surface area contributed by atoms with Crippen molar-refractivity contribution in [1.82, 2.24) is 15.5 Å². The lowest BCUT2D eigenvalue weighted by molar-refractivity contribution is 0.0486. The first-order valence-corrected chi connectivity index (χ1v) is 11.8. The number of halogens is 1. The monoisotopic (exact) mass is 548 g/mol. The van der Waals surface area contributed by atoms with Gasteiger partial charge in [0.15, 0.2) is 15.8 Å². The van der Waals surface area contributed by atoms with Crippen LogP contribution in [0.1, 0.15) is 54.9 Å². The fourth-order valence-corrected chi connectivity index (χ4v) is 3.03. The molecule has 0 aromatic rings. The summed E-state index contributed by atoms with van der Waals surface area (Å²) in [6.07, 6.45) is 0.296. The molecule has 0 spiro atoms. The largest absolute Gasteiger partial charge is 0.444 e. The van der Waals surface area contributed by atoms with E-state index in [0.717, 1.165) is 0 Å². The van der Waals surface area contributed by atoms with Crippen molar-refractivity contribution in [3.05, 3.63) is 0 Å². The number of hydrogen-bond donors (Lipinski definition) is 2. The molecule has 2 N–H and O–H groups in total. The lowest BCUT2D eigenvalue weighted by atomic mass is 10.0. The molecule has 0 fully saturated rings. The van der Waals surface area contributed by atoms with Crippen molar-refractivity contribution in [3.8, 4) is 0 Å². The molecule has 0 saturated carbocycles. The molecule has 0 rings (SSSR count). The van der Waals surface area contributed by atoms with Gasteiger partial charge in [-0.05, 0) is 40.0 Å². The molecule has 1 amide bonds. The zero-order valence-electron chi connectivity index (χ0n) is 19.2. The average molecular weight is 549 g/mol. The summed E-state index contributed by atoms with van der Waals surface area (Å²) in [6, 6.07) is -0.0411. The summed E-state index contributed by atoms with van der Waals surface area (Å²) in [5, 5.41) is 6.12. The van der Waals surface area contributed by atoms with E-state index >= 15 is 0 Å². The van der Waals surface area contributed by atoms with Gasteiger partial charge < -0.3 is 20.3 Å². The highest BCUT2D eigenvalue weighted by atomic mass is 127. The van der Waals surface area contributed by atoms with Gasteiger partial charge in [0.2, 0.25) is 0 Å². The van der Waals surface area contributed by atoms with Gasteiger partial charge in [-0.15, -0.1) is 24.0 Å². The van der Waals surface area contributed by atoms with Gasteiger partial charge in [0, 0.05) is 31.9 Å². The maximum absolute atomic E-state index is 12.1. The van der Waals surface area contributed by atoms with Crippen molar-refractivity contribution in [2.45, 2.75) is 66.5 Å². The van der Waals surface area contributed by atoms with E-state index in [2.05, 4.69) is 29.5 Å². The number of aliphatic imine (C=N–C) groups is 1. The van der Waals surface area contributed by atoms with Gasteiger partial charge in [0.25, 0.3) is 0 Å². The number of ether oxygens (including phenoxy) is 1. The number of rotatable bonds is 10. The molecule has 1 atom stereocenters. The molecule has 0 aliphatic rings. The second-order valence-electron chi connectivity index (χ2n) is 8.18. The van der Waals surface area contributed by atoms with Crippen LogP contribution in [0.25, 0.3) is 0 Å².